The lowest BCUT2D eigenvalue weighted by atomic mass is 10.2. The summed E-state index contributed by atoms with van der Waals surface area (Å²) in [7, 11) is 0. The third-order valence-electron chi connectivity index (χ3n) is 2.77. The van der Waals surface area contributed by atoms with Crippen LogP contribution in [0.2, 0.25) is 10.0 Å². The zero-order valence-corrected chi connectivity index (χ0v) is 11.8. The molecule has 1 aromatic carbocycles. The Morgan fingerprint density at radius 2 is 1.70 bits per heavy atom. The molecule has 1 aromatic rings. The van der Waals surface area contributed by atoms with E-state index >= 15 is 0 Å². The first kappa shape index (κ1) is 14.6. The molecule has 0 bridgehead atoms. The summed E-state index contributed by atoms with van der Waals surface area (Å²) in [4.78, 5) is 37.1. The van der Waals surface area contributed by atoms with Gasteiger partial charge >= 0.3 is 17.8 Å². The van der Waals surface area contributed by atoms with Crippen LogP contribution in [0.1, 0.15) is 5.56 Å². The van der Waals surface area contributed by atoms with Crippen molar-refractivity contribution in [2.75, 3.05) is 6.54 Å². The lowest BCUT2D eigenvalue weighted by Gasteiger charge is -2.14. The van der Waals surface area contributed by atoms with Crippen LogP contribution >= 0.6 is 23.2 Å². The molecule has 0 N–H and O–H groups in total. The summed E-state index contributed by atoms with van der Waals surface area (Å²) in [5, 5.41) is 0.691. The average Bonchev–Trinajstić information content (AvgIpc) is 2.61. The number of carbonyl (C=O) groups is 3. The largest absolute Gasteiger partial charge is 0.334 e. The van der Waals surface area contributed by atoms with Crippen LogP contribution in [0.3, 0.4) is 0 Å². The highest BCUT2D eigenvalue weighted by atomic mass is 35.5. The lowest BCUT2D eigenvalue weighted by molar-refractivity contribution is -0.143. The van der Waals surface area contributed by atoms with Crippen molar-refractivity contribution in [3.8, 4) is 0 Å². The lowest BCUT2D eigenvalue weighted by Crippen LogP contribution is -2.33. The number of hydrogen-bond acceptors (Lipinski definition) is 3. The molecule has 0 spiro atoms. The van der Waals surface area contributed by atoms with E-state index in [1.165, 1.54) is 6.08 Å². The molecule has 1 heterocycles. The van der Waals surface area contributed by atoms with Gasteiger partial charge in [0.1, 0.15) is 0 Å². The maximum absolute atomic E-state index is 12.0. The number of urea groups is 1. The van der Waals surface area contributed by atoms with E-state index < -0.39 is 17.8 Å². The van der Waals surface area contributed by atoms with Crippen LogP contribution in [-0.2, 0) is 16.1 Å². The van der Waals surface area contributed by atoms with Crippen LogP contribution in [0, 0.1) is 0 Å². The second-order valence-electron chi connectivity index (χ2n) is 4.13. The Balaban J connectivity index is 2.22. The number of rotatable bonds is 4. The highest BCUT2D eigenvalue weighted by Gasteiger charge is 2.43. The van der Waals surface area contributed by atoms with Crippen molar-refractivity contribution >= 4 is 41.0 Å². The van der Waals surface area contributed by atoms with Gasteiger partial charge in [-0.1, -0.05) is 35.3 Å². The molecule has 104 valence electrons. The highest BCUT2D eigenvalue weighted by Crippen LogP contribution is 2.24. The van der Waals surface area contributed by atoms with Crippen molar-refractivity contribution < 1.29 is 14.4 Å². The molecule has 0 aromatic heterocycles. The molecular weight excluding hydrogens is 303 g/mol. The number of amides is 4. The molecule has 2 rings (SSSR count). The summed E-state index contributed by atoms with van der Waals surface area (Å²) in [6.07, 6.45) is 1.38. The first-order valence-electron chi connectivity index (χ1n) is 5.68. The minimum atomic E-state index is -0.858. The molecule has 20 heavy (non-hydrogen) atoms. The minimum absolute atomic E-state index is 0.00127. The van der Waals surface area contributed by atoms with Gasteiger partial charge in [-0.3, -0.25) is 19.4 Å². The van der Waals surface area contributed by atoms with E-state index in [-0.39, 0.29) is 13.1 Å². The van der Waals surface area contributed by atoms with Crippen LogP contribution < -0.4 is 0 Å². The van der Waals surface area contributed by atoms with Crippen molar-refractivity contribution in [2.45, 2.75) is 6.54 Å². The Kier molecular flexibility index (Phi) is 4.11. The standard InChI is InChI=1S/C13H10Cl2N2O3/c1-2-5-16-11(18)12(19)17(13(16)20)7-8-3-4-9(14)10(15)6-8/h2-4,6H,1,5,7H2. The predicted molar refractivity (Wildman–Crippen MR) is 74.3 cm³/mol. The van der Waals surface area contributed by atoms with Gasteiger partial charge in [-0.05, 0) is 17.7 Å². The second kappa shape index (κ2) is 5.64. The first-order chi connectivity index (χ1) is 9.45. The van der Waals surface area contributed by atoms with Crippen molar-refractivity contribution in [1.29, 1.82) is 0 Å². The Labute approximate surface area is 125 Å². The fraction of sp³-hybridized carbons (Fsp3) is 0.154. The van der Waals surface area contributed by atoms with E-state index in [9.17, 15) is 14.4 Å². The van der Waals surface area contributed by atoms with Gasteiger partial charge < -0.3 is 0 Å². The molecule has 0 saturated carbocycles. The normalized spacial score (nSPS) is 15.2. The smallest absolute Gasteiger partial charge is 0.263 e. The van der Waals surface area contributed by atoms with Gasteiger partial charge in [0.2, 0.25) is 0 Å². The monoisotopic (exact) mass is 312 g/mol. The molecule has 7 heteroatoms. The summed E-state index contributed by atoms with van der Waals surface area (Å²) >= 11 is 11.7. The van der Waals surface area contributed by atoms with E-state index in [0.29, 0.717) is 15.6 Å². The van der Waals surface area contributed by atoms with Crippen molar-refractivity contribution in [1.82, 2.24) is 9.80 Å². The number of nitrogens with zero attached hydrogens (tertiary/aromatic N) is 2. The Morgan fingerprint density at radius 1 is 1.05 bits per heavy atom. The van der Waals surface area contributed by atoms with E-state index in [2.05, 4.69) is 6.58 Å². The first-order valence-corrected chi connectivity index (χ1v) is 6.43. The minimum Gasteiger partial charge on any atom is -0.263 e. The van der Waals surface area contributed by atoms with Gasteiger partial charge in [0.15, 0.2) is 0 Å². The highest BCUT2D eigenvalue weighted by molar-refractivity contribution is 6.44. The average molecular weight is 313 g/mol. The molecule has 0 radical (unpaired) electrons. The quantitative estimate of drug-likeness (QED) is 0.487. The van der Waals surface area contributed by atoms with Crippen molar-refractivity contribution in [3.63, 3.8) is 0 Å². The molecule has 1 saturated heterocycles. The number of benzene rings is 1. The molecule has 4 amide bonds. The van der Waals surface area contributed by atoms with Crippen LogP contribution in [0.5, 0.6) is 0 Å². The van der Waals surface area contributed by atoms with E-state index in [4.69, 9.17) is 23.2 Å². The van der Waals surface area contributed by atoms with E-state index in [0.717, 1.165) is 9.80 Å². The number of carbonyl (C=O) groups excluding carboxylic acids is 3. The molecule has 1 aliphatic rings. The molecule has 0 unspecified atom stereocenters. The summed E-state index contributed by atoms with van der Waals surface area (Å²) in [6.45, 7) is 3.41. The van der Waals surface area contributed by atoms with Crippen molar-refractivity contribution in [3.05, 3.63) is 46.5 Å². The van der Waals surface area contributed by atoms with Gasteiger partial charge in [0.25, 0.3) is 0 Å². The second-order valence-corrected chi connectivity index (χ2v) is 4.94. The summed E-state index contributed by atoms with van der Waals surface area (Å²) < 4.78 is 0. The van der Waals surface area contributed by atoms with Gasteiger partial charge in [-0.2, -0.15) is 0 Å². The Bertz CT molecular complexity index is 616. The maximum atomic E-state index is 12.0. The summed E-state index contributed by atoms with van der Waals surface area (Å²) in [5.41, 5.74) is 0.606. The SMILES string of the molecule is C=CCN1C(=O)C(=O)N(Cc2ccc(Cl)c(Cl)c2)C1=O. The van der Waals surface area contributed by atoms with Crippen LogP contribution in [0.15, 0.2) is 30.9 Å². The molecule has 0 atom stereocenters. The molecule has 5 nitrogen and oxygen atoms in total. The Morgan fingerprint density at radius 3 is 2.30 bits per heavy atom. The maximum Gasteiger partial charge on any atom is 0.334 e. The number of imide groups is 2. The van der Waals surface area contributed by atoms with Crippen LogP contribution in [0.25, 0.3) is 0 Å². The zero-order chi connectivity index (χ0) is 14.9. The molecule has 1 fully saturated rings. The van der Waals surface area contributed by atoms with Crippen LogP contribution in [0.4, 0.5) is 4.79 Å². The van der Waals surface area contributed by atoms with E-state index in [1.807, 2.05) is 0 Å². The van der Waals surface area contributed by atoms with Gasteiger partial charge in [0, 0.05) is 6.54 Å². The van der Waals surface area contributed by atoms with Crippen molar-refractivity contribution in [2.24, 2.45) is 0 Å². The van der Waals surface area contributed by atoms with Gasteiger partial charge in [-0.15, -0.1) is 6.58 Å². The predicted octanol–water partition coefficient (Wildman–Crippen LogP) is 2.47. The number of hydrogen-bond donors (Lipinski definition) is 0. The molecule has 1 aliphatic heterocycles. The fourth-order valence-corrected chi connectivity index (χ4v) is 2.12. The summed E-state index contributed by atoms with van der Waals surface area (Å²) in [6, 6.07) is 4.08. The summed E-state index contributed by atoms with van der Waals surface area (Å²) in [5.74, 6) is -1.71. The molecular formula is C13H10Cl2N2O3. The van der Waals surface area contributed by atoms with Crippen LogP contribution in [-0.4, -0.2) is 34.2 Å². The zero-order valence-electron chi connectivity index (χ0n) is 10.3. The van der Waals surface area contributed by atoms with E-state index in [1.54, 1.807) is 18.2 Å². The third-order valence-corrected chi connectivity index (χ3v) is 3.51. The molecule has 0 aliphatic carbocycles. The van der Waals surface area contributed by atoms with Gasteiger partial charge in [0.05, 0.1) is 16.6 Å². The fourth-order valence-electron chi connectivity index (χ4n) is 1.80. The third kappa shape index (κ3) is 2.55. The van der Waals surface area contributed by atoms with Gasteiger partial charge in [-0.25, -0.2) is 4.79 Å². The Hall–Kier alpha value is -1.85. The topological polar surface area (TPSA) is 57.7 Å². The number of halogens is 2.